The lowest BCUT2D eigenvalue weighted by atomic mass is 10.4. The molecule has 1 aliphatic heterocycles. The summed E-state index contributed by atoms with van der Waals surface area (Å²) in [4.78, 5) is 15.8. The Kier molecular flexibility index (Phi) is 4.96. The number of likely N-dealkylation sites (tertiary alicyclic amines) is 1. The van der Waals surface area contributed by atoms with Crippen molar-refractivity contribution in [3.8, 4) is 0 Å². The lowest BCUT2D eigenvalue weighted by molar-refractivity contribution is 0.346. The summed E-state index contributed by atoms with van der Waals surface area (Å²) in [7, 11) is 4.12. The molecule has 0 radical (unpaired) electrons. The van der Waals surface area contributed by atoms with Crippen LogP contribution in [0, 0.1) is 0 Å². The molecule has 1 aliphatic rings. The maximum atomic E-state index is 4.61. The zero-order valence-corrected chi connectivity index (χ0v) is 12.3. The van der Waals surface area contributed by atoms with E-state index in [9.17, 15) is 0 Å². The van der Waals surface area contributed by atoms with Gasteiger partial charge in [-0.1, -0.05) is 0 Å². The van der Waals surface area contributed by atoms with Gasteiger partial charge in [0.05, 0.1) is 0 Å². The van der Waals surface area contributed by atoms with Crippen LogP contribution in [0.15, 0.2) is 12.3 Å². The van der Waals surface area contributed by atoms with Crippen LogP contribution in [-0.2, 0) is 0 Å². The summed E-state index contributed by atoms with van der Waals surface area (Å²) in [5, 5.41) is 0. The minimum Gasteiger partial charge on any atom is -0.360 e. The minimum atomic E-state index is 0.817. The maximum Gasteiger partial charge on any atom is 0.227 e. The number of nitrogens with zero attached hydrogens (tertiary/aromatic N) is 5. The monoisotopic (exact) mass is 263 g/mol. The quantitative estimate of drug-likeness (QED) is 0.776. The molecule has 0 aromatic carbocycles. The minimum absolute atomic E-state index is 0.817. The predicted molar refractivity (Wildman–Crippen MR) is 79.9 cm³/mol. The Labute approximate surface area is 116 Å². The standard InChI is InChI=1S/C14H25N5/c1-4-17(2)13-7-8-15-14(16-13)18(3)11-12-19-9-5-6-10-19/h7-8H,4-6,9-12H2,1-3H3. The van der Waals surface area contributed by atoms with Gasteiger partial charge >= 0.3 is 0 Å². The van der Waals surface area contributed by atoms with E-state index in [0.717, 1.165) is 31.4 Å². The second-order valence-corrected chi connectivity index (χ2v) is 5.20. The fourth-order valence-electron chi connectivity index (χ4n) is 2.30. The first-order chi connectivity index (χ1) is 9.20. The Morgan fingerprint density at radius 2 is 1.95 bits per heavy atom. The highest BCUT2D eigenvalue weighted by Gasteiger charge is 2.13. The van der Waals surface area contributed by atoms with Crippen LogP contribution in [0.5, 0.6) is 0 Å². The first-order valence-corrected chi connectivity index (χ1v) is 7.18. The summed E-state index contributed by atoms with van der Waals surface area (Å²) >= 11 is 0. The zero-order valence-electron chi connectivity index (χ0n) is 12.3. The molecule has 5 heteroatoms. The van der Waals surface area contributed by atoms with Gasteiger partial charge in [-0.2, -0.15) is 4.98 Å². The first kappa shape index (κ1) is 14.1. The Balaban J connectivity index is 1.92. The molecule has 2 heterocycles. The summed E-state index contributed by atoms with van der Waals surface area (Å²) in [6, 6.07) is 1.96. The molecule has 0 aliphatic carbocycles. The van der Waals surface area contributed by atoms with Gasteiger partial charge in [0.2, 0.25) is 5.95 Å². The van der Waals surface area contributed by atoms with Crippen LogP contribution >= 0.6 is 0 Å². The maximum absolute atomic E-state index is 4.61. The average molecular weight is 263 g/mol. The highest BCUT2D eigenvalue weighted by molar-refractivity contribution is 5.42. The van der Waals surface area contributed by atoms with Crippen molar-refractivity contribution in [3.63, 3.8) is 0 Å². The van der Waals surface area contributed by atoms with E-state index in [2.05, 4.69) is 45.7 Å². The van der Waals surface area contributed by atoms with Crippen molar-refractivity contribution < 1.29 is 0 Å². The van der Waals surface area contributed by atoms with Gasteiger partial charge in [-0.15, -0.1) is 0 Å². The van der Waals surface area contributed by atoms with Crippen LogP contribution in [0.1, 0.15) is 19.8 Å². The topological polar surface area (TPSA) is 35.5 Å². The fraction of sp³-hybridized carbons (Fsp3) is 0.714. The van der Waals surface area contributed by atoms with Gasteiger partial charge in [-0.25, -0.2) is 4.98 Å². The summed E-state index contributed by atoms with van der Waals surface area (Å²) < 4.78 is 0. The normalized spacial score (nSPS) is 15.7. The largest absolute Gasteiger partial charge is 0.360 e. The Hall–Kier alpha value is -1.36. The first-order valence-electron chi connectivity index (χ1n) is 7.18. The molecule has 0 saturated carbocycles. The highest BCUT2D eigenvalue weighted by atomic mass is 15.3. The summed E-state index contributed by atoms with van der Waals surface area (Å²) in [5.41, 5.74) is 0. The van der Waals surface area contributed by atoms with Gasteiger partial charge in [-0.3, -0.25) is 0 Å². The lowest BCUT2D eigenvalue weighted by Crippen LogP contribution is -2.32. The van der Waals surface area contributed by atoms with Crippen molar-refractivity contribution in [2.24, 2.45) is 0 Å². The second kappa shape index (κ2) is 6.70. The van der Waals surface area contributed by atoms with Gasteiger partial charge in [0.15, 0.2) is 0 Å². The summed E-state index contributed by atoms with van der Waals surface area (Å²) in [6.07, 6.45) is 4.53. The number of rotatable bonds is 6. The summed E-state index contributed by atoms with van der Waals surface area (Å²) in [5.74, 6) is 1.80. The van der Waals surface area contributed by atoms with E-state index in [1.807, 2.05) is 12.3 Å². The van der Waals surface area contributed by atoms with E-state index in [1.54, 1.807) is 0 Å². The highest BCUT2D eigenvalue weighted by Crippen LogP contribution is 2.13. The molecule has 0 unspecified atom stereocenters. The van der Waals surface area contributed by atoms with Crippen molar-refractivity contribution in [2.45, 2.75) is 19.8 Å². The van der Waals surface area contributed by atoms with E-state index in [-0.39, 0.29) is 0 Å². The third-order valence-electron chi connectivity index (χ3n) is 3.79. The number of anilines is 2. The molecule has 1 fully saturated rings. The van der Waals surface area contributed by atoms with Crippen molar-refractivity contribution in [2.75, 3.05) is 56.6 Å². The van der Waals surface area contributed by atoms with Gasteiger partial charge in [-0.05, 0) is 38.9 Å². The zero-order chi connectivity index (χ0) is 13.7. The molecule has 19 heavy (non-hydrogen) atoms. The second-order valence-electron chi connectivity index (χ2n) is 5.20. The predicted octanol–water partition coefficient (Wildman–Crippen LogP) is 1.46. The molecule has 0 amide bonds. The fourth-order valence-corrected chi connectivity index (χ4v) is 2.30. The lowest BCUT2D eigenvalue weighted by Gasteiger charge is -2.23. The van der Waals surface area contributed by atoms with E-state index in [4.69, 9.17) is 0 Å². The molecule has 106 valence electrons. The molecule has 1 saturated heterocycles. The molecule has 0 spiro atoms. The molecule has 0 bridgehead atoms. The number of likely N-dealkylation sites (N-methyl/N-ethyl adjacent to an activating group) is 1. The molecule has 0 N–H and O–H groups in total. The van der Waals surface area contributed by atoms with Crippen LogP contribution < -0.4 is 9.80 Å². The van der Waals surface area contributed by atoms with Gasteiger partial charge in [0.25, 0.3) is 0 Å². The number of hydrogen-bond donors (Lipinski definition) is 0. The third kappa shape index (κ3) is 3.80. The smallest absolute Gasteiger partial charge is 0.227 e. The van der Waals surface area contributed by atoms with Crippen LogP contribution in [0.4, 0.5) is 11.8 Å². The van der Waals surface area contributed by atoms with Crippen LogP contribution in [0.25, 0.3) is 0 Å². The van der Waals surface area contributed by atoms with Gasteiger partial charge in [0, 0.05) is 39.9 Å². The molecule has 2 rings (SSSR count). The van der Waals surface area contributed by atoms with E-state index >= 15 is 0 Å². The average Bonchev–Trinajstić information content (AvgIpc) is 2.97. The number of hydrogen-bond acceptors (Lipinski definition) is 5. The van der Waals surface area contributed by atoms with Crippen LogP contribution in [0.3, 0.4) is 0 Å². The number of aromatic nitrogens is 2. The van der Waals surface area contributed by atoms with Crippen LogP contribution in [-0.4, -0.2) is 61.7 Å². The van der Waals surface area contributed by atoms with E-state index < -0.39 is 0 Å². The van der Waals surface area contributed by atoms with Crippen molar-refractivity contribution in [1.82, 2.24) is 14.9 Å². The molecule has 1 aromatic rings. The third-order valence-corrected chi connectivity index (χ3v) is 3.79. The van der Waals surface area contributed by atoms with Crippen molar-refractivity contribution in [1.29, 1.82) is 0 Å². The van der Waals surface area contributed by atoms with Gasteiger partial charge < -0.3 is 14.7 Å². The summed E-state index contributed by atoms with van der Waals surface area (Å²) in [6.45, 7) is 7.65. The van der Waals surface area contributed by atoms with Crippen molar-refractivity contribution in [3.05, 3.63) is 12.3 Å². The SMILES string of the molecule is CCN(C)c1ccnc(N(C)CCN2CCCC2)n1. The molecular formula is C14H25N5. The Bertz CT molecular complexity index is 389. The van der Waals surface area contributed by atoms with E-state index in [0.29, 0.717) is 0 Å². The molecule has 1 aromatic heterocycles. The molecule has 5 nitrogen and oxygen atoms in total. The molecule has 0 atom stereocenters. The van der Waals surface area contributed by atoms with Crippen molar-refractivity contribution >= 4 is 11.8 Å². The van der Waals surface area contributed by atoms with Crippen LogP contribution in [0.2, 0.25) is 0 Å². The van der Waals surface area contributed by atoms with E-state index in [1.165, 1.54) is 25.9 Å². The Morgan fingerprint density at radius 1 is 1.21 bits per heavy atom. The molecular weight excluding hydrogens is 238 g/mol. The Morgan fingerprint density at radius 3 is 2.63 bits per heavy atom. The van der Waals surface area contributed by atoms with Gasteiger partial charge in [0.1, 0.15) is 5.82 Å².